The molecule has 1 aliphatic heterocycles. The average molecular weight is 461 g/mol. The van der Waals surface area contributed by atoms with Gasteiger partial charge in [0.25, 0.3) is 0 Å². The number of hydrogen-bond donors (Lipinski definition) is 2. The number of aliphatic carboxylic acids is 1. The molecule has 34 heavy (non-hydrogen) atoms. The second-order valence-corrected chi connectivity index (χ2v) is 10.2. The number of benzene rings is 2. The minimum Gasteiger partial charge on any atom is -0.479 e. The molecule has 2 amide bonds. The summed E-state index contributed by atoms with van der Waals surface area (Å²) in [7, 11) is 0. The normalized spacial score (nSPS) is 25.5. The zero-order valence-corrected chi connectivity index (χ0v) is 19.0. The lowest BCUT2D eigenvalue weighted by Gasteiger charge is -2.34. The molecular formula is C27H28N2O5. The number of alkyl carbamates (subject to hydrolysis) is 1. The Bertz CT molecular complexity index is 1140. The van der Waals surface area contributed by atoms with Gasteiger partial charge >= 0.3 is 12.1 Å². The van der Waals surface area contributed by atoms with Crippen molar-refractivity contribution in [3.8, 4) is 11.1 Å². The van der Waals surface area contributed by atoms with Crippen LogP contribution in [0.1, 0.15) is 55.6 Å². The molecule has 2 saturated carbocycles. The molecular weight excluding hydrogens is 432 g/mol. The Hall–Kier alpha value is -3.35. The van der Waals surface area contributed by atoms with Gasteiger partial charge in [0.15, 0.2) is 0 Å². The van der Waals surface area contributed by atoms with Gasteiger partial charge in [0.1, 0.15) is 12.1 Å². The summed E-state index contributed by atoms with van der Waals surface area (Å²) < 4.78 is 5.66. The Morgan fingerprint density at radius 2 is 1.68 bits per heavy atom. The third-order valence-electron chi connectivity index (χ3n) is 8.21. The first-order valence-electron chi connectivity index (χ1n) is 12.1. The van der Waals surface area contributed by atoms with Crippen LogP contribution < -0.4 is 5.32 Å². The van der Waals surface area contributed by atoms with E-state index in [0.717, 1.165) is 24.0 Å². The molecule has 4 aliphatic rings. The number of carbonyl (C=O) groups is 3. The summed E-state index contributed by atoms with van der Waals surface area (Å²) >= 11 is 0. The molecule has 1 heterocycles. The average Bonchev–Trinajstić information content (AvgIpc) is 3.74. The highest BCUT2D eigenvalue weighted by molar-refractivity contribution is 5.91. The molecule has 2 unspecified atom stereocenters. The number of nitrogens with zero attached hydrogens (tertiary/aromatic N) is 1. The van der Waals surface area contributed by atoms with Gasteiger partial charge in [0, 0.05) is 12.5 Å². The smallest absolute Gasteiger partial charge is 0.407 e. The first-order valence-corrected chi connectivity index (χ1v) is 12.1. The van der Waals surface area contributed by atoms with Gasteiger partial charge in [-0.05, 0) is 60.3 Å². The van der Waals surface area contributed by atoms with Gasteiger partial charge in [-0.25, -0.2) is 9.59 Å². The van der Waals surface area contributed by atoms with Crippen molar-refractivity contribution in [2.75, 3.05) is 13.2 Å². The Morgan fingerprint density at radius 1 is 1.03 bits per heavy atom. The maximum Gasteiger partial charge on any atom is 0.407 e. The van der Waals surface area contributed by atoms with Crippen LogP contribution in [-0.2, 0) is 14.3 Å². The molecule has 3 fully saturated rings. The van der Waals surface area contributed by atoms with Crippen molar-refractivity contribution in [2.45, 2.75) is 55.5 Å². The fraction of sp³-hybridized carbons (Fsp3) is 0.444. The minimum atomic E-state index is -1.02. The van der Waals surface area contributed by atoms with Crippen molar-refractivity contribution < 1.29 is 24.2 Å². The summed E-state index contributed by atoms with van der Waals surface area (Å²) in [6, 6.07) is 16.4. The van der Waals surface area contributed by atoms with E-state index in [0.29, 0.717) is 25.8 Å². The van der Waals surface area contributed by atoms with Crippen LogP contribution in [0.15, 0.2) is 48.5 Å². The summed E-state index contributed by atoms with van der Waals surface area (Å²) in [5, 5.41) is 12.7. The molecule has 2 aromatic carbocycles. The maximum absolute atomic E-state index is 13.1. The van der Waals surface area contributed by atoms with Crippen molar-refractivity contribution in [3.63, 3.8) is 0 Å². The van der Waals surface area contributed by atoms with E-state index in [2.05, 4.69) is 29.6 Å². The summed E-state index contributed by atoms with van der Waals surface area (Å²) in [5.74, 6) is -1.04. The summed E-state index contributed by atoms with van der Waals surface area (Å²) in [6.45, 7) is 0.697. The number of carbonyl (C=O) groups excluding carboxylic acids is 2. The van der Waals surface area contributed by atoms with Crippen molar-refractivity contribution in [1.29, 1.82) is 0 Å². The van der Waals surface area contributed by atoms with Crippen LogP contribution in [0.5, 0.6) is 0 Å². The molecule has 0 aromatic heterocycles. The topological polar surface area (TPSA) is 95.9 Å². The number of hydrogen-bond acceptors (Lipinski definition) is 4. The fourth-order valence-electron chi connectivity index (χ4n) is 6.14. The predicted octanol–water partition coefficient (Wildman–Crippen LogP) is 3.91. The van der Waals surface area contributed by atoms with Gasteiger partial charge in [-0.15, -0.1) is 0 Å². The second-order valence-electron chi connectivity index (χ2n) is 10.2. The monoisotopic (exact) mass is 460 g/mol. The van der Waals surface area contributed by atoms with Gasteiger partial charge < -0.3 is 20.1 Å². The maximum atomic E-state index is 13.1. The molecule has 2 N–H and O–H groups in total. The van der Waals surface area contributed by atoms with E-state index in [1.54, 1.807) is 4.90 Å². The van der Waals surface area contributed by atoms with E-state index in [1.807, 2.05) is 24.3 Å². The molecule has 0 radical (unpaired) electrons. The number of ether oxygens (including phenoxy) is 1. The lowest BCUT2D eigenvalue weighted by Crippen LogP contribution is -2.53. The molecule has 3 aliphatic carbocycles. The summed E-state index contributed by atoms with van der Waals surface area (Å²) in [5.41, 5.74) is 3.00. The van der Waals surface area contributed by atoms with Crippen LogP contribution in [0.25, 0.3) is 11.1 Å². The molecule has 0 spiro atoms. The second kappa shape index (κ2) is 7.58. The molecule has 176 valence electrons. The Labute approximate surface area is 198 Å². The first-order chi connectivity index (χ1) is 16.4. The first kappa shape index (κ1) is 21.2. The van der Waals surface area contributed by atoms with Gasteiger partial charge in [0.2, 0.25) is 5.91 Å². The predicted molar refractivity (Wildman–Crippen MR) is 124 cm³/mol. The Kier molecular flexibility index (Phi) is 4.73. The van der Waals surface area contributed by atoms with E-state index in [4.69, 9.17) is 4.74 Å². The van der Waals surface area contributed by atoms with Gasteiger partial charge in [-0.2, -0.15) is 0 Å². The van der Waals surface area contributed by atoms with Gasteiger partial charge in [-0.1, -0.05) is 48.5 Å². The largest absolute Gasteiger partial charge is 0.479 e. The number of likely N-dealkylation sites (tertiary alicyclic amines) is 1. The number of rotatable bonds is 6. The van der Waals surface area contributed by atoms with E-state index in [-0.39, 0.29) is 30.8 Å². The number of carboxylic acids is 1. The molecule has 7 heteroatoms. The highest BCUT2D eigenvalue weighted by Crippen LogP contribution is 2.55. The van der Waals surface area contributed by atoms with E-state index in [9.17, 15) is 19.5 Å². The fourth-order valence-corrected chi connectivity index (χ4v) is 6.14. The SMILES string of the molecule is O=C(NC1(CC(=O)N2CCCC3CC32C(=O)O)CC1)OCC1c2ccccc2-c2ccccc21. The standard InChI is InChI=1S/C27H28N2O5/c30-23(29-13-5-6-17-14-27(17,29)24(31)32)15-26(11-12-26)28-25(33)34-16-22-20-9-3-1-7-18(20)19-8-2-4-10-21(19)22/h1-4,7-10,17,22H,5-6,11-16H2,(H,28,33)(H,31,32). The number of piperidine rings is 1. The van der Waals surface area contributed by atoms with E-state index < -0.39 is 23.1 Å². The summed E-state index contributed by atoms with van der Waals surface area (Å²) in [4.78, 5) is 39.3. The van der Waals surface area contributed by atoms with Gasteiger partial charge in [-0.3, -0.25) is 4.79 Å². The number of carboxylic acid groups (broad SMARTS) is 1. The highest BCUT2D eigenvalue weighted by atomic mass is 16.5. The zero-order chi connectivity index (χ0) is 23.5. The quantitative estimate of drug-likeness (QED) is 0.681. The van der Waals surface area contributed by atoms with Crippen LogP contribution in [0.2, 0.25) is 0 Å². The molecule has 0 bridgehead atoms. The van der Waals surface area contributed by atoms with Crippen LogP contribution in [0.3, 0.4) is 0 Å². The van der Waals surface area contributed by atoms with E-state index >= 15 is 0 Å². The van der Waals surface area contributed by atoms with Crippen LogP contribution in [0, 0.1) is 5.92 Å². The Balaban J connectivity index is 1.10. The van der Waals surface area contributed by atoms with Crippen molar-refractivity contribution >= 4 is 18.0 Å². The third-order valence-corrected chi connectivity index (χ3v) is 8.21. The summed E-state index contributed by atoms with van der Waals surface area (Å²) in [6.07, 6.45) is 3.22. The van der Waals surface area contributed by atoms with E-state index in [1.165, 1.54) is 11.1 Å². The third kappa shape index (κ3) is 3.29. The van der Waals surface area contributed by atoms with Crippen LogP contribution >= 0.6 is 0 Å². The molecule has 1 saturated heterocycles. The molecule has 6 rings (SSSR count). The number of amides is 2. The zero-order valence-electron chi connectivity index (χ0n) is 19.0. The lowest BCUT2D eigenvalue weighted by molar-refractivity contribution is -0.155. The molecule has 2 atom stereocenters. The number of fused-ring (bicyclic) bond motifs is 4. The van der Waals surface area contributed by atoms with Crippen LogP contribution in [0.4, 0.5) is 4.79 Å². The van der Waals surface area contributed by atoms with Crippen molar-refractivity contribution in [1.82, 2.24) is 10.2 Å². The highest BCUT2D eigenvalue weighted by Gasteiger charge is 2.67. The molecule has 7 nitrogen and oxygen atoms in total. The lowest BCUT2D eigenvalue weighted by atomic mass is 9.98. The van der Waals surface area contributed by atoms with Gasteiger partial charge in [0.05, 0.1) is 12.0 Å². The van der Waals surface area contributed by atoms with Crippen LogP contribution in [-0.4, -0.2) is 52.2 Å². The number of nitrogens with one attached hydrogen (secondary N) is 1. The Morgan fingerprint density at radius 3 is 2.29 bits per heavy atom. The van der Waals surface area contributed by atoms with Crippen molar-refractivity contribution in [2.24, 2.45) is 5.92 Å². The molecule has 2 aromatic rings. The van der Waals surface area contributed by atoms with Crippen molar-refractivity contribution in [3.05, 3.63) is 59.7 Å². The minimum absolute atomic E-state index is 0.0227.